The Balaban J connectivity index is 2.25. The molecule has 0 radical (unpaired) electrons. The maximum atomic E-state index is 11.1. The van der Waals surface area contributed by atoms with Gasteiger partial charge in [0.05, 0.1) is 7.11 Å². The second-order valence-corrected chi connectivity index (χ2v) is 4.78. The van der Waals surface area contributed by atoms with Gasteiger partial charge in [-0.3, -0.25) is 0 Å². The second-order valence-electron chi connectivity index (χ2n) is 3.87. The first-order valence-electron chi connectivity index (χ1n) is 5.75. The van der Waals surface area contributed by atoms with Crippen LogP contribution in [0.1, 0.15) is 0 Å². The predicted octanol–water partition coefficient (Wildman–Crippen LogP) is 3.67. The summed E-state index contributed by atoms with van der Waals surface area (Å²) in [5.41, 5.74) is 1.97. The maximum Gasteiger partial charge on any atom is 0.343 e. The molecule has 0 aromatic heterocycles. The Morgan fingerprint density at radius 3 is 2.47 bits per heavy atom. The van der Waals surface area contributed by atoms with Gasteiger partial charge in [-0.05, 0) is 23.8 Å². The van der Waals surface area contributed by atoms with Gasteiger partial charge in [-0.25, -0.2) is 4.79 Å². The Labute approximate surface area is 120 Å². The molecule has 0 amide bonds. The molecule has 0 aliphatic rings. The number of hydrogen-bond donors (Lipinski definition) is 0. The number of halogens is 1. The van der Waals surface area contributed by atoms with Crippen LogP contribution in [0.3, 0.4) is 0 Å². The van der Waals surface area contributed by atoms with Gasteiger partial charge < -0.3 is 9.47 Å². The molecule has 0 bridgehead atoms. The fourth-order valence-electron chi connectivity index (χ4n) is 1.66. The van der Waals surface area contributed by atoms with Gasteiger partial charge in [-0.1, -0.05) is 46.3 Å². The largest absolute Gasteiger partial charge is 0.481 e. The SMILES string of the molecule is COC(=O)COc1ccccc1-c1ccc(Br)cc1. The summed E-state index contributed by atoms with van der Waals surface area (Å²) in [6.07, 6.45) is 0. The van der Waals surface area contributed by atoms with Crippen molar-refractivity contribution in [1.82, 2.24) is 0 Å². The summed E-state index contributed by atoms with van der Waals surface area (Å²) in [5, 5.41) is 0. The van der Waals surface area contributed by atoms with Crippen LogP contribution >= 0.6 is 15.9 Å². The zero-order valence-electron chi connectivity index (χ0n) is 10.4. The summed E-state index contributed by atoms with van der Waals surface area (Å²) in [6.45, 7) is -0.0932. The van der Waals surface area contributed by atoms with Crippen LogP contribution in [0, 0.1) is 0 Å². The summed E-state index contributed by atoms with van der Waals surface area (Å²) in [5.74, 6) is 0.265. The topological polar surface area (TPSA) is 35.5 Å². The van der Waals surface area contributed by atoms with Crippen LogP contribution in [0.25, 0.3) is 11.1 Å². The molecule has 0 saturated heterocycles. The van der Waals surface area contributed by atoms with Crippen molar-refractivity contribution in [2.75, 3.05) is 13.7 Å². The summed E-state index contributed by atoms with van der Waals surface area (Å²) in [6, 6.07) is 15.5. The molecule has 2 aromatic rings. The van der Waals surface area contributed by atoms with Gasteiger partial charge in [-0.2, -0.15) is 0 Å². The molecule has 0 heterocycles. The van der Waals surface area contributed by atoms with Crippen LogP contribution in [0.15, 0.2) is 53.0 Å². The van der Waals surface area contributed by atoms with Crippen molar-refractivity contribution in [2.45, 2.75) is 0 Å². The Morgan fingerprint density at radius 2 is 1.79 bits per heavy atom. The summed E-state index contributed by atoms with van der Waals surface area (Å²) >= 11 is 3.40. The molecule has 0 fully saturated rings. The van der Waals surface area contributed by atoms with Gasteiger partial charge in [0.15, 0.2) is 6.61 Å². The highest BCUT2D eigenvalue weighted by Crippen LogP contribution is 2.30. The Hall–Kier alpha value is -1.81. The van der Waals surface area contributed by atoms with E-state index >= 15 is 0 Å². The van der Waals surface area contributed by atoms with Crippen LogP contribution in [0.4, 0.5) is 0 Å². The first-order chi connectivity index (χ1) is 9.20. The monoisotopic (exact) mass is 320 g/mol. The summed E-state index contributed by atoms with van der Waals surface area (Å²) in [4.78, 5) is 11.1. The molecule has 2 rings (SSSR count). The van der Waals surface area contributed by atoms with Crippen molar-refractivity contribution in [3.63, 3.8) is 0 Å². The normalized spacial score (nSPS) is 10.0. The van der Waals surface area contributed by atoms with Crippen LogP contribution in [0.5, 0.6) is 5.75 Å². The van der Waals surface area contributed by atoms with Gasteiger partial charge in [0.1, 0.15) is 5.75 Å². The molecule has 0 aliphatic carbocycles. The van der Waals surface area contributed by atoms with Crippen LogP contribution in [-0.4, -0.2) is 19.7 Å². The van der Waals surface area contributed by atoms with E-state index in [1.165, 1.54) is 7.11 Å². The average molecular weight is 321 g/mol. The maximum absolute atomic E-state index is 11.1. The number of esters is 1. The third-order valence-electron chi connectivity index (χ3n) is 2.62. The molecule has 2 aromatic carbocycles. The first-order valence-corrected chi connectivity index (χ1v) is 6.54. The van der Waals surface area contributed by atoms with E-state index in [0.717, 1.165) is 15.6 Å². The van der Waals surface area contributed by atoms with Gasteiger partial charge in [0.2, 0.25) is 0 Å². The fraction of sp³-hybridized carbons (Fsp3) is 0.133. The third kappa shape index (κ3) is 3.58. The zero-order chi connectivity index (χ0) is 13.7. The standard InChI is InChI=1S/C15H13BrO3/c1-18-15(17)10-19-14-5-3-2-4-13(14)11-6-8-12(16)9-7-11/h2-9H,10H2,1H3. The number of para-hydroxylation sites is 1. The number of carbonyl (C=O) groups excluding carboxylic acids is 1. The smallest absolute Gasteiger partial charge is 0.343 e. The van der Waals surface area contributed by atoms with E-state index in [-0.39, 0.29) is 6.61 Å². The Morgan fingerprint density at radius 1 is 1.11 bits per heavy atom. The molecule has 3 nitrogen and oxygen atoms in total. The Bertz CT molecular complexity index is 564. The highest BCUT2D eigenvalue weighted by molar-refractivity contribution is 9.10. The number of methoxy groups -OCH3 is 1. The van der Waals surface area contributed by atoms with Gasteiger partial charge >= 0.3 is 5.97 Å². The molecule has 0 spiro atoms. The molecular weight excluding hydrogens is 308 g/mol. The van der Waals surface area contributed by atoms with Crippen molar-refractivity contribution in [3.05, 3.63) is 53.0 Å². The number of benzene rings is 2. The van der Waals surface area contributed by atoms with Crippen molar-refractivity contribution in [3.8, 4) is 16.9 Å². The van der Waals surface area contributed by atoms with Crippen molar-refractivity contribution in [2.24, 2.45) is 0 Å². The number of ether oxygens (including phenoxy) is 2. The minimum atomic E-state index is -0.398. The average Bonchev–Trinajstić information content (AvgIpc) is 2.46. The molecule has 0 N–H and O–H groups in total. The van der Waals surface area contributed by atoms with Gasteiger partial charge in [0, 0.05) is 10.0 Å². The fourth-order valence-corrected chi connectivity index (χ4v) is 1.92. The van der Waals surface area contributed by atoms with Crippen molar-refractivity contribution >= 4 is 21.9 Å². The first kappa shape index (κ1) is 13.6. The highest BCUT2D eigenvalue weighted by Gasteiger charge is 2.08. The molecule has 98 valence electrons. The minimum absolute atomic E-state index is 0.0932. The van der Waals surface area contributed by atoms with E-state index < -0.39 is 5.97 Å². The molecule has 0 unspecified atom stereocenters. The molecule has 0 aliphatic heterocycles. The molecule has 19 heavy (non-hydrogen) atoms. The lowest BCUT2D eigenvalue weighted by Crippen LogP contribution is -2.12. The number of hydrogen-bond acceptors (Lipinski definition) is 3. The van der Waals surface area contributed by atoms with Crippen molar-refractivity contribution < 1.29 is 14.3 Å². The third-order valence-corrected chi connectivity index (χ3v) is 3.14. The molecule has 0 saturated carbocycles. The Kier molecular flexibility index (Phi) is 4.58. The zero-order valence-corrected chi connectivity index (χ0v) is 12.0. The molecule has 4 heteroatoms. The van der Waals surface area contributed by atoms with E-state index in [1.54, 1.807) is 0 Å². The lowest BCUT2D eigenvalue weighted by atomic mass is 10.1. The number of carbonyl (C=O) groups is 1. The second kappa shape index (κ2) is 6.38. The molecule has 0 atom stereocenters. The predicted molar refractivity (Wildman–Crippen MR) is 77.1 cm³/mol. The highest BCUT2D eigenvalue weighted by atomic mass is 79.9. The lowest BCUT2D eigenvalue weighted by Gasteiger charge is -2.10. The summed E-state index contributed by atoms with van der Waals surface area (Å²) < 4.78 is 11.1. The molecular formula is C15H13BrO3. The minimum Gasteiger partial charge on any atom is -0.481 e. The quantitative estimate of drug-likeness (QED) is 0.806. The van der Waals surface area contributed by atoms with Crippen molar-refractivity contribution in [1.29, 1.82) is 0 Å². The summed E-state index contributed by atoms with van der Waals surface area (Å²) in [7, 11) is 1.34. The van der Waals surface area contributed by atoms with E-state index in [4.69, 9.17) is 4.74 Å². The van der Waals surface area contributed by atoms with Gasteiger partial charge in [-0.15, -0.1) is 0 Å². The van der Waals surface area contributed by atoms with E-state index in [1.807, 2.05) is 48.5 Å². The number of rotatable bonds is 4. The van der Waals surface area contributed by atoms with Crippen LogP contribution < -0.4 is 4.74 Å². The lowest BCUT2D eigenvalue weighted by molar-refractivity contribution is -0.142. The van der Waals surface area contributed by atoms with Crippen LogP contribution in [0.2, 0.25) is 0 Å². The van der Waals surface area contributed by atoms with E-state index in [2.05, 4.69) is 20.7 Å². The van der Waals surface area contributed by atoms with E-state index in [9.17, 15) is 4.79 Å². The van der Waals surface area contributed by atoms with Crippen LogP contribution in [-0.2, 0) is 9.53 Å². The van der Waals surface area contributed by atoms with Gasteiger partial charge in [0.25, 0.3) is 0 Å². The van der Waals surface area contributed by atoms with E-state index in [0.29, 0.717) is 5.75 Å².